The zero-order valence-corrected chi connectivity index (χ0v) is 16.6. The Kier molecular flexibility index (Phi) is 9.50. The molecular weight excluding hydrogens is 326 g/mol. The molecule has 2 atom stereocenters. The van der Waals surface area contributed by atoms with Crippen molar-refractivity contribution in [3.05, 3.63) is 35.9 Å². The number of unbranched alkanes of at least 4 members (excludes halogenated alkanes) is 1. The maximum absolute atomic E-state index is 5.50. The van der Waals surface area contributed by atoms with Crippen LogP contribution in [0.5, 0.6) is 0 Å². The molecule has 5 heteroatoms. The molecule has 1 aliphatic heterocycles. The fourth-order valence-electron chi connectivity index (χ4n) is 3.64. The third-order valence-electron chi connectivity index (χ3n) is 5.07. The average Bonchev–Trinajstić information content (AvgIpc) is 2.67. The monoisotopic (exact) mass is 361 g/mol. The molecule has 1 aromatic carbocycles. The van der Waals surface area contributed by atoms with Crippen molar-refractivity contribution < 1.29 is 9.47 Å². The van der Waals surface area contributed by atoms with Crippen molar-refractivity contribution in [2.75, 3.05) is 53.6 Å². The van der Waals surface area contributed by atoms with Crippen LogP contribution >= 0.6 is 0 Å². The highest BCUT2D eigenvalue weighted by molar-refractivity contribution is 5.80. The van der Waals surface area contributed by atoms with Crippen molar-refractivity contribution in [3.63, 3.8) is 0 Å². The molecule has 2 unspecified atom stereocenters. The number of hydrogen-bond acceptors (Lipinski definition) is 3. The molecule has 146 valence electrons. The number of nitrogens with zero attached hydrogens (tertiary/aromatic N) is 2. The Morgan fingerprint density at radius 1 is 1.19 bits per heavy atom. The molecule has 0 spiro atoms. The number of aliphatic imine (C=N–C) groups is 1. The van der Waals surface area contributed by atoms with E-state index in [0.717, 1.165) is 45.0 Å². The Balaban J connectivity index is 1.69. The summed E-state index contributed by atoms with van der Waals surface area (Å²) in [6.07, 6.45) is 3.32. The van der Waals surface area contributed by atoms with Gasteiger partial charge in [0.15, 0.2) is 5.96 Å². The minimum absolute atomic E-state index is 0.624. The van der Waals surface area contributed by atoms with Crippen LogP contribution in [0.2, 0.25) is 0 Å². The smallest absolute Gasteiger partial charge is 0.193 e. The second-order valence-corrected chi connectivity index (χ2v) is 7.02. The summed E-state index contributed by atoms with van der Waals surface area (Å²) in [4.78, 5) is 6.89. The van der Waals surface area contributed by atoms with Crippen molar-refractivity contribution in [3.8, 4) is 0 Å². The Bertz CT molecular complexity index is 521. The van der Waals surface area contributed by atoms with Gasteiger partial charge >= 0.3 is 0 Å². The Labute approximate surface area is 158 Å². The summed E-state index contributed by atoms with van der Waals surface area (Å²) in [5, 5.41) is 3.51. The van der Waals surface area contributed by atoms with Crippen LogP contribution in [-0.4, -0.2) is 64.5 Å². The Morgan fingerprint density at radius 2 is 2.00 bits per heavy atom. The topological polar surface area (TPSA) is 46.1 Å². The molecule has 5 nitrogen and oxygen atoms in total. The summed E-state index contributed by atoms with van der Waals surface area (Å²) >= 11 is 0. The lowest BCUT2D eigenvalue weighted by Gasteiger charge is -2.39. The van der Waals surface area contributed by atoms with E-state index in [1.54, 1.807) is 7.11 Å². The summed E-state index contributed by atoms with van der Waals surface area (Å²) in [5.74, 6) is 2.30. The van der Waals surface area contributed by atoms with Crippen LogP contribution in [0, 0.1) is 5.92 Å². The number of methoxy groups -OCH3 is 1. The minimum Gasteiger partial charge on any atom is -0.382 e. The van der Waals surface area contributed by atoms with E-state index < -0.39 is 0 Å². The number of piperidine rings is 1. The van der Waals surface area contributed by atoms with Gasteiger partial charge in [0.25, 0.3) is 0 Å². The van der Waals surface area contributed by atoms with Gasteiger partial charge in [-0.05, 0) is 36.7 Å². The molecule has 1 fully saturated rings. The minimum atomic E-state index is 0.624. The second kappa shape index (κ2) is 11.9. The molecule has 1 aromatic rings. The molecule has 0 aromatic heterocycles. The van der Waals surface area contributed by atoms with E-state index in [4.69, 9.17) is 9.47 Å². The van der Waals surface area contributed by atoms with Crippen molar-refractivity contribution in [2.24, 2.45) is 10.9 Å². The standard InChI is InChI=1S/C21H35N3O2/c1-18-17-24(13-11-20(18)19-9-5-4-6-10-19)21(22-2)23-12-7-8-14-26-16-15-25-3/h4-6,9-10,18,20H,7-8,11-17H2,1-3H3,(H,22,23). The summed E-state index contributed by atoms with van der Waals surface area (Å²) in [7, 11) is 3.58. The highest BCUT2D eigenvalue weighted by Gasteiger charge is 2.28. The lowest BCUT2D eigenvalue weighted by Crippen LogP contribution is -2.48. The lowest BCUT2D eigenvalue weighted by atomic mass is 9.82. The fourth-order valence-corrected chi connectivity index (χ4v) is 3.64. The molecule has 0 aliphatic carbocycles. The van der Waals surface area contributed by atoms with Gasteiger partial charge in [-0.25, -0.2) is 0 Å². The van der Waals surface area contributed by atoms with Crippen molar-refractivity contribution >= 4 is 5.96 Å². The zero-order valence-electron chi connectivity index (χ0n) is 16.6. The van der Waals surface area contributed by atoms with Gasteiger partial charge in [-0.2, -0.15) is 0 Å². The summed E-state index contributed by atoms with van der Waals surface area (Å²) < 4.78 is 10.5. The highest BCUT2D eigenvalue weighted by Crippen LogP contribution is 2.32. The van der Waals surface area contributed by atoms with Gasteiger partial charge in [-0.3, -0.25) is 4.99 Å². The van der Waals surface area contributed by atoms with E-state index in [0.29, 0.717) is 25.0 Å². The normalized spacial score (nSPS) is 21.0. The SMILES string of the molecule is CN=C(NCCCCOCCOC)N1CCC(c2ccccc2)C(C)C1. The van der Waals surface area contributed by atoms with Gasteiger partial charge in [-0.1, -0.05) is 37.3 Å². The Morgan fingerprint density at radius 3 is 2.69 bits per heavy atom. The third-order valence-corrected chi connectivity index (χ3v) is 5.07. The molecule has 2 rings (SSSR count). The molecule has 1 N–H and O–H groups in total. The maximum atomic E-state index is 5.50. The number of guanidine groups is 1. The third kappa shape index (κ3) is 6.61. The molecule has 0 bridgehead atoms. The lowest BCUT2D eigenvalue weighted by molar-refractivity contribution is 0.0689. The van der Waals surface area contributed by atoms with Gasteiger partial charge in [0, 0.05) is 40.4 Å². The van der Waals surface area contributed by atoms with Gasteiger partial charge < -0.3 is 19.7 Å². The van der Waals surface area contributed by atoms with Gasteiger partial charge in [0.1, 0.15) is 0 Å². The van der Waals surface area contributed by atoms with E-state index in [1.165, 1.54) is 12.0 Å². The maximum Gasteiger partial charge on any atom is 0.193 e. The molecule has 0 radical (unpaired) electrons. The summed E-state index contributed by atoms with van der Waals surface area (Å²) in [6.45, 7) is 7.55. The Hall–Kier alpha value is -1.59. The van der Waals surface area contributed by atoms with Crippen LogP contribution in [0.4, 0.5) is 0 Å². The summed E-state index contributed by atoms with van der Waals surface area (Å²) in [5.41, 5.74) is 1.47. The van der Waals surface area contributed by atoms with Crippen LogP contribution < -0.4 is 5.32 Å². The van der Waals surface area contributed by atoms with E-state index in [-0.39, 0.29) is 0 Å². The molecule has 1 saturated heterocycles. The van der Waals surface area contributed by atoms with Crippen LogP contribution in [0.1, 0.15) is 37.7 Å². The van der Waals surface area contributed by atoms with Crippen molar-refractivity contribution in [1.82, 2.24) is 10.2 Å². The average molecular weight is 362 g/mol. The van der Waals surface area contributed by atoms with E-state index in [1.807, 2.05) is 7.05 Å². The number of ether oxygens (including phenoxy) is 2. The molecule has 26 heavy (non-hydrogen) atoms. The van der Waals surface area contributed by atoms with E-state index in [2.05, 4.69) is 52.5 Å². The zero-order chi connectivity index (χ0) is 18.6. The first-order valence-electron chi connectivity index (χ1n) is 9.83. The summed E-state index contributed by atoms with van der Waals surface area (Å²) in [6, 6.07) is 10.9. The predicted molar refractivity (Wildman–Crippen MR) is 108 cm³/mol. The van der Waals surface area contributed by atoms with Crippen LogP contribution in [0.25, 0.3) is 0 Å². The number of nitrogens with one attached hydrogen (secondary N) is 1. The molecule has 0 saturated carbocycles. The first-order chi connectivity index (χ1) is 12.8. The number of likely N-dealkylation sites (tertiary alicyclic amines) is 1. The van der Waals surface area contributed by atoms with Crippen molar-refractivity contribution in [2.45, 2.75) is 32.1 Å². The largest absolute Gasteiger partial charge is 0.382 e. The first kappa shape index (κ1) is 20.7. The quantitative estimate of drug-likeness (QED) is 0.417. The van der Waals surface area contributed by atoms with Gasteiger partial charge in [-0.15, -0.1) is 0 Å². The van der Waals surface area contributed by atoms with Crippen LogP contribution in [0.3, 0.4) is 0 Å². The molecule has 0 amide bonds. The molecule has 1 heterocycles. The predicted octanol–water partition coefficient (Wildman–Crippen LogP) is 3.13. The number of benzene rings is 1. The van der Waals surface area contributed by atoms with Crippen LogP contribution in [-0.2, 0) is 9.47 Å². The number of rotatable bonds is 9. The van der Waals surface area contributed by atoms with E-state index >= 15 is 0 Å². The van der Waals surface area contributed by atoms with Gasteiger partial charge in [0.2, 0.25) is 0 Å². The van der Waals surface area contributed by atoms with Crippen LogP contribution in [0.15, 0.2) is 35.3 Å². The molecular formula is C21H35N3O2. The van der Waals surface area contributed by atoms with E-state index in [9.17, 15) is 0 Å². The number of hydrogen-bond donors (Lipinski definition) is 1. The van der Waals surface area contributed by atoms with Gasteiger partial charge in [0.05, 0.1) is 13.2 Å². The fraction of sp³-hybridized carbons (Fsp3) is 0.667. The highest BCUT2D eigenvalue weighted by atomic mass is 16.5. The molecule has 1 aliphatic rings. The van der Waals surface area contributed by atoms with Crippen molar-refractivity contribution in [1.29, 1.82) is 0 Å². The second-order valence-electron chi connectivity index (χ2n) is 7.02. The first-order valence-corrected chi connectivity index (χ1v) is 9.83.